The third kappa shape index (κ3) is 4.90. The summed E-state index contributed by atoms with van der Waals surface area (Å²) >= 11 is 0. The van der Waals surface area contributed by atoms with Crippen LogP contribution < -0.4 is 17.1 Å². The van der Waals surface area contributed by atoms with Crippen molar-refractivity contribution in [3.8, 4) is 0 Å². The first-order valence-electron chi connectivity index (χ1n) is 7.89. The molecule has 0 aliphatic heterocycles. The molecule has 1 atom stereocenters. The van der Waals surface area contributed by atoms with Gasteiger partial charge in [0.2, 0.25) is 0 Å². The van der Waals surface area contributed by atoms with Crippen molar-refractivity contribution in [2.75, 3.05) is 13.2 Å². The summed E-state index contributed by atoms with van der Waals surface area (Å²) in [5.41, 5.74) is -2.29. The van der Waals surface area contributed by atoms with E-state index in [0.29, 0.717) is 6.61 Å². The summed E-state index contributed by atoms with van der Waals surface area (Å²) in [6, 6.07) is 0. The zero-order valence-electron chi connectivity index (χ0n) is 14.0. The van der Waals surface area contributed by atoms with Crippen LogP contribution in [-0.2, 0) is 24.4 Å². The van der Waals surface area contributed by atoms with Crippen LogP contribution in [0.2, 0.25) is 0 Å². The topological polar surface area (TPSA) is 95.5 Å². The number of hydrogen-bond donors (Lipinski definition) is 1. The quantitative estimate of drug-likeness (QED) is 0.442. The summed E-state index contributed by atoms with van der Waals surface area (Å²) in [7, 11) is 0. The third-order valence-corrected chi connectivity index (χ3v) is 3.35. The molecule has 1 rings (SSSR count). The maximum atomic E-state index is 12.4. The zero-order valence-corrected chi connectivity index (χ0v) is 14.0. The first kappa shape index (κ1) is 19.9. The monoisotopic (exact) mass is 339 g/mol. The van der Waals surface area contributed by atoms with E-state index in [-0.39, 0.29) is 26.2 Å². The average molecular weight is 339 g/mol. The molecule has 1 unspecified atom stereocenters. The van der Waals surface area contributed by atoms with E-state index in [4.69, 9.17) is 4.74 Å². The summed E-state index contributed by atoms with van der Waals surface area (Å²) in [4.78, 5) is 36.9. The molecule has 1 aromatic rings. The summed E-state index contributed by atoms with van der Waals surface area (Å²) in [5.74, 6) is 0. The fraction of sp³-hybridized carbons (Fsp3) is 0.562. The van der Waals surface area contributed by atoms with Gasteiger partial charge in [0.05, 0.1) is 32.3 Å². The molecule has 1 N–H and O–H groups in total. The highest BCUT2D eigenvalue weighted by Gasteiger charge is 2.16. The van der Waals surface area contributed by atoms with Crippen molar-refractivity contribution in [2.24, 2.45) is 0 Å². The predicted molar refractivity (Wildman–Crippen MR) is 91.3 cm³/mol. The Morgan fingerprint density at radius 2 is 1.54 bits per heavy atom. The van der Waals surface area contributed by atoms with Gasteiger partial charge in [-0.2, -0.15) is 0 Å². The number of ether oxygens (including phenoxy) is 1. The molecular weight excluding hydrogens is 314 g/mol. The molecular formula is C16H25N3O5. The van der Waals surface area contributed by atoms with Gasteiger partial charge in [-0.15, -0.1) is 13.2 Å². The summed E-state index contributed by atoms with van der Waals surface area (Å²) in [5, 5.41) is 10.0. The molecule has 0 aliphatic rings. The first-order chi connectivity index (χ1) is 11.5. The molecule has 8 heteroatoms. The molecule has 0 amide bonds. The van der Waals surface area contributed by atoms with Crippen LogP contribution in [-0.4, -0.2) is 38.1 Å². The van der Waals surface area contributed by atoms with Gasteiger partial charge in [0.25, 0.3) is 0 Å². The van der Waals surface area contributed by atoms with Crippen LogP contribution in [0.15, 0.2) is 39.7 Å². The standard InChI is InChI=1S/C16H25N3O5/c1-4-7-10-24-12-13(20)11-19-15(22)17(8-5-2)14(21)18(9-6-3)16(19)23/h5-6,13,20H,2-4,7-12H2,1H3. The molecule has 134 valence electrons. The number of hydrogen-bond acceptors (Lipinski definition) is 5. The number of aliphatic hydroxyl groups is 1. The van der Waals surface area contributed by atoms with Crippen LogP contribution in [0.1, 0.15) is 19.8 Å². The molecule has 1 heterocycles. The van der Waals surface area contributed by atoms with Crippen molar-refractivity contribution >= 4 is 0 Å². The molecule has 1 aromatic heterocycles. The average Bonchev–Trinajstić information content (AvgIpc) is 2.56. The molecule has 0 spiro atoms. The predicted octanol–water partition coefficient (Wildman–Crippen LogP) is -0.279. The van der Waals surface area contributed by atoms with Gasteiger partial charge >= 0.3 is 17.1 Å². The van der Waals surface area contributed by atoms with Gasteiger partial charge in [0.1, 0.15) is 0 Å². The number of nitrogens with zero attached hydrogens (tertiary/aromatic N) is 3. The summed E-state index contributed by atoms with van der Waals surface area (Å²) in [6.45, 7) is 9.21. The summed E-state index contributed by atoms with van der Waals surface area (Å²) in [6.07, 6.45) is 3.58. The van der Waals surface area contributed by atoms with Crippen molar-refractivity contribution in [1.29, 1.82) is 0 Å². The fourth-order valence-corrected chi connectivity index (χ4v) is 2.14. The van der Waals surface area contributed by atoms with E-state index in [1.54, 1.807) is 0 Å². The Morgan fingerprint density at radius 3 is 2.00 bits per heavy atom. The number of unbranched alkanes of at least 4 members (excludes halogenated alkanes) is 1. The number of aromatic nitrogens is 3. The van der Waals surface area contributed by atoms with E-state index >= 15 is 0 Å². The van der Waals surface area contributed by atoms with E-state index in [1.807, 2.05) is 6.92 Å². The molecule has 8 nitrogen and oxygen atoms in total. The van der Waals surface area contributed by atoms with Gasteiger partial charge in [0.15, 0.2) is 0 Å². The van der Waals surface area contributed by atoms with Gasteiger partial charge < -0.3 is 9.84 Å². The van der Waals surface area contributed by atoms with Gasteiger partial charge in [-0.05, 0) is 6.42 Å². The lowest BCUT2D eigenvalue weighted by Crippen LogP contribution is -2.55. The van der Waals surface area contributed by atoms with Crippen molar-refractivity contribution in [3.05, 3.63) is 56.8 Å². The number of allylic oxidation sites excluding steroid dienone is 2. The van der Waals surface area contributed by atoms with Crippen LogP contribution in [0.25, 0.3) is 0 Å². The fourth-order valence-electron chi connectivity index (χ4n) is 2.14. The van der Waals surface area contributed by atoms with Gasteiger partial charge in [0, 0.05) is 6.61 Å². The van der Waals surface area contributed by atoms with Gasteiger partial charge in [-0.1, -0.05) is 25.5 Å². The van der Waals surface area contributed by atoms with E-state index in [0.717, 1.165) is 26.5 Å². The molecule has 0 aromatic carbocycles. The normalized spacial score (nSPS) is 12.1. The van der Waals surface area contributed by atoms with Crippen molar-refractivity contribution in [2.45, 2.75) is 45.5 Å². The van der Waals surface area contributed by atoms with Crippen molar-refractivity contribution in [1.82, 2.24) is 13.7 Å². The van der Waals surface area contributed by atoms with E-state index in [2.05, 4.69) is 13.2 Å². The highest BCUT2D eigenvalue weighted by Crippen LogP contribution is 1.92. The van der Waals surface area contributed by atoms with E-state index in [1.165, 1.54) is 12.2 Å². The van der Waals surface area contributed by atoms with Crippen LogP contribution >= 0.6 is 0 Å². The molecule has 0 aliphatic carbocycles. The van der Waals surface area contributed by atoms with Crippen LogP contribution in [0.3, 0.4) is 0 Å². The highest BCUT2D eigenvalue weighted by molar-refractivity contribution is 4.85. The van der Waals surface area contributed by atoms with Crippen molar-refractivity contribution in [3.63, 3.8) is 0 Å². The van der Waals surface area contributed by atoms with Crippen LogP contribution in [0.5, 0.6) is 0 Å². The smallest absolute Gasteiger partial charge is 0.336 e. The van der Waals surface area contributed by atoms with E-state index < -0.39 is 23.2 Å². The largest absolute Gasteiger partial charge is 0.389 e. The zero-order chi connectivity index (χ0) is 18.1. The lowest BCUT2D eigenvalue weighted by Gasteiger charge is -2.15. The van der Waals surface area contributed by atoms with Crippen LogP contribution in [0, 0.1) is 0 Å². The minimum Gasteiger partial charge on any atom is -0.389 e. The van der Waals surface area contributed by atoms with Crippen molar-refractivity contribution < 1.29 is 9.84 Å². The lowest BCUT2D eigenvalue weighted by atomic mass is 10.3. The molecule has 0 saturated heterocycles. The first-order valence-corrected chi connectivity index (χ1v) is 7.89. The minimum atomic E-state index is -1.03. The Hall–Kier alpha value is -2.19. The second-order valence-electron chi connectivity index (χ2n) is 5.34. The Bertz CT molecular complexity index is 680. The second-order valence-corrected chi connectivity index (χ2v) is 5.34. The lowest BCUT2D eigenvalue weighted by molar-refractivity contribution is 0.0252. The summed E-state index contributed by atoms with van der Waals surface area (Å²) < 4.78 is 7.91. The van der Waals surface area contributed by atoms with Gasteiger partial charge in [-0.3, -0.25) is 0 Å². The number of rotatable bonds is 11. The van der Waals surface area contributed by atoms with E-state index in [9.17, 15) is 19.5 Å². The maximum Gasteiger partial charge on any atom is 0.336 e. The van der Waals surface area contributed by atoms with Gasteiger partial charge in [-0.25, -0.2) is 28.1 Å². The molecule has 0 saturated carbocycles. The maximum absolute atomic E-state index is 12.4. The Labute approximate surface area is 139 Å². The molecule has 0 fully saturated rings. The second kappa shape index (κ2) is 9.84. The third-order valence-electron chi connectivity index (χ3n) is 3.35. The molecule has 0 bridgehead atoms. The van der Waals surface area contributed by atoms with Crippen LogP contribution in [0.4, 0.5) is 0 Å². The Kier molecular flexibility index (Phi) is 8.14. The number of aliphatic hydroxyl groups excluding tert-OH is 1. The Balaban J connectivity index is 3.15. The molecule has 24 heavy (non-hydrogen) atoms. The minimum absolute atomic E-state index is 0.00786. The SMILES string of the molecule is C=CCn1c(=O)n(CC=C)c(=O)n(CC(O)COCCCC)c1=O. The highest BCUT2D eigenvalue weighted by atomic mass is 16.5. The molecule has 0 radical (unpaired) electrons. The Morgan fingerprint density at radius 1 is 1.04 bits per heavy atom.